The molecule has 4 rings (SSSR count). The number of rotatable bonds is 2. The number of nitrogens with one attached hydrogen (secondary N) is 1. The summed E-state index contributed by atoms with van der Waals surface area (Å²) in [6, 6.07) is 2.47. The molecule has 2 unspecified atom stereocenters. The van der Waals surface area contributed by atoms with Crippen LogP contribution in [0, 0.1) is 39.9 Å². The Morgan fingerprint density at radius 3 is 2.78 bits per heavy atom. The minimum absolute atomic E-state index is 0.0474. The van der Waals surface area contributed by atoms with Gasteiger partial charge in [0.05, 0.1) is 6.07 Å². The van der Waals surface area contributed by atoms with E-state index < -0.39 is 0 Å². The smallest absolute Gasteiger partial charge is 0.246 e. The number of likely N-dealkylation sites (N-methyl/N-ethyl adjacent to an activating group) is 1. The van der Waals surface area contributed by atoms with Gasteiger partial charge in [-0.05, 0) is 67.8 Å². The zero-order chi connectivity index (χ0) is 19.4. The van der Waals surface area contributed by atoms with Gasteiger partial charge in [-0.3, -0.25) is 9.59 Å². The van der Waals surface area contributed by atoms with Gasteiger partial charge in [0.25, 0.3) is 0 Å². The minimum atomic E-state index is -0.127. The average Bonchev–Trinajstić information content (AvgIpc) is 2.95. The molecular weight excluding hydrogens is 338 g/mol. The standard InChI is InChI=1S/C22H31N3O2/c1-21-11-8-16-14(15(21)5-6-17(21)24-19(26)10-13-23)4-7-18-22(16,2)12-9-20(27)25(18)3/h9,12,14-18H,4-8,10-11H2,1-3H3,(H,24,26)/t14-,15-,16-,17?,18?,21-,22+/m0/s1. The Bertz CT molecular complexity index is 726. The number of hydrogen-bond donors (Lipinski definition) is 1. The molecule has 7 atom stereocenters. The molecule has 1 aliphatic heterocycles. The second kappa shape index (κ2) is 6.36. The molecule has 3 saturated carbocycles. The van der Waals surface area contributed by atoms with Gasteiger partial charge >= 0.3 is 0 Å². The Labute approximate surface area is 162 Å². The molecular formula is C22H31N3O2. The number of nitrogens with zero attached hydrogens (tertiary/aromatic N) is 2. The van der Waals surface area contributed by atoms with Crippen LogP contribution in [0.2, 0.25) is 0 Å². The lowest BCUT2D eigenvalue weighted by atomic mass is 9.48. The van der Waals surface area contributed by atoms with Crippen LogP contribution in [0.3, 0.4) is 0 Å². The van der Waals surface area contributed by atoms with Crippen LogP contribution in [0.5, 0.6) is 0 Å². The van der Waals surface area contributed by atoms with E-state index in [1.165, 1.54) is 6.42 Å². The first-order valence-corrected chi connectivity index (χ1v) is 10.4. The van der Waals surface area contributed by atoms with Gasteiger partial charge in [0.15, 0.2) is 0 Å². The van der Waals surface area contributed by atoms with Crippen LogP contribution in [0.1, 0.15) is 58.8 Å². The molecule has 0 spiro atoms. The van der Waals surface area contributed by atoms with E-state index in [1.54, 1.807) is 6.08 Å². The molecule has 0 aromatic carbocycles. The van der Waals surface area contributed by atoms with E-state index in [0.717, 1.165) is 32.1 Å². The van der Waals surface area contributed by atoms with Crippen molar-refractivity contribution >= 4 is 11.8 Å². The minimum Gasteiger partial charge on any atom is -0.352 e. The number of carbonyl (C=O) groups excluding carboxylic acids is 2. The maximum atomic E-state index is 12.2. The van der Waals surface area contributed by atoms with Gasteiger partial charge < -0.3 is 10.2 Å². The van der Waals surface area contributed by atoms with Gasteiger partial charge in [-0.15, -0.1) is 0 Å². The average molecular weight is 370 g/mol. The Morgan fingerprint density at radius 2 is 2.04 bits per heavy atom. The van der Waals surface area contributed by atoms with Crippen LogP contribution < -0.4 is 5.32 Å². The number of carbonyl (C=O) groups is 2. The Balaban J connectivity index is 1.58. The number of fused-ring (bicyclic) bond motifs is 5. The fourth-order valence-electron chi connectivity index (χ4n) is 7.29. The van der Waals surface area contributed by atoms with Crippen molar-refractivity contribution in [1.29, 1.82) is 5.26 Å². The Hall–Kier alpha value is -1.83. The normalized spacial score (nSPS) is 45.5. The third-order valence-electron chi connectivity index (χ3n) is 8.70. The fraction of sp³-hybridized carbons (Fsp3) is 0.773. The summed E-state index contributed by atoms with van der Waals surface area (Å²) < 4.78 is 0. The quantitative estimate of drug-likeness (QED) is 0.813. The predicted octanol–water partition coefficient (Wildman–Crippen LogP) is 3.02. The lowest BCUT2D eigenvalue weighted by Gasteiger charge is -2.60. The lowest BCUT2D eigenvalue weighted by Crippen LogP contribution is -2.60. The molecule has 1 N–H and O–H groups in total. The van der Waals surface area contributed by atoms with Crippen LogP contribution >= 0.6 is 0 Å². The van der Waals surface area contributed by atoms with Crippen LogP contribution in [-0.2, 0) is 9.59 Å². The second-order valence-electron chi connectivity index (χ2n) is 9.70. The molecule has 0 radical (unpaired) electrons. The van der Waals surface area contributed by atoms with E-state index in [1.807, 2.05) is 18.0 Å². The van der Waals surface area contributed by atoms with Crippen molar-refractivity contribution in [3.05, 3.63) is 12.2 Å². The zero-order valence-electron chi connectivity index (χ0n) is 16.7. The van der Waals surface area contributed by atoms with Gasteiger partial charge in [0.1, 0.15) is 6.42 Å². The van der Waals surface area contributed by atoms with Gasteiger partial charge in [-0.25, -0.2) is 0 Å². The van der Waals surface area contributed by atoms with Crippen molar-refractivity contribution in [3.63, 3.8) is 0 Å². The topological polar surface area (TPSA) is 73.2 Å². The first-order chi connectivity index (χ1) is 12.8. The molecule has 0 bridgehead atoms. The largest absolute Gasteiger partial charge is 0.352 e. The molecule has 1 heterocycles. The highest BCUT2D eigenvalue weighted by Crippen LogP contribution is 2.63. The van der Waals surface area contributed by atoms with Crippen molar-refractivity contribution in [2.75, 3.05) is 7.05 Å². The van der Waals surface area contributed by atoms with Crippen LogP contribution in [0.25, 0.3) is 0 Å². The Morgan fingerprint density at radius 1 is 1.26 bits per heavy atom. The van der Waals surface area contributed by atoms with E-state index >= 15 is 0 Å². The van der Waals surface area contributed by atoms with Crippen molar-refractivity contribution in [3.8, 4) is 6.07 Å². The summed E-state index contributed by atoms with van der Waals surface area (Å²) in [6.45, 7) is 4.72. The molecule has 0 aromatic rings. The summed E-state index contributed by atoms with van der Waals surface area (Å²) in [5.41, 5.74) is 0.199. The van der Waals surface area contributed by atoms with Crippen molar-refractivity contribution in [2.45, 2.75) is 70.9 Å². The fourth-order valence-corrected chi connectivity index (χ4v) is 7.29. The summed E-state index contributed by atoms with van der Waals surface area (Å²) in [5.74, 6) is 1.90. The van der Waals surface area contributed by atoms with Gasteiger partial charge in [-0.2, -0.15) is 5.26 Å². The third-order valence-corrected chi connectivity index (χ3v) is 8.70. The highest BCUT2D eigenvalue weighted by atomic mass is 16.2. The van der Waals surface area contributed by atoms with E-state index in [2.05, 4.69) is 25.2 Å². The van der Waals surface area contributed by atoms with Crippen LogP contribution in [-0.4, -0.2) is 35.8 Å². The predicted molar refractivity (Wildman–Crippen MR) is 102 cm³/mol. The van der Waals surface area contributed by atoms with Crippen molar-refractivity contribution < 1.29 is 9.59 Å². The molecule has 0 aromatic heterocycles. The molecule has 146 valence electrons. The van der Waals surface area contributed by atoms with Gasteiger partial charge in [0, 0.05) is 24.5 Å². The van der Waals surface area contributed by atoms with E-state index in [-0.39, 0.29) is 35.1 Å². The summed E-state index contributed by atoms with van der Waals surface area (Å²) in [6.07, 6.45) is 10.6. The van der Waals surface area contributed by atoms with E-state index in [9.17, 15) is 9.59 Å². The highest BCUT2D eigenvalue weighted by Gasteiger charge is 2.60. The monoisotopic (exact) mass is 369 g/mol. The molecule has 27 heavy (non-hydrogen) atoms. The summed E-state index contributed by atoms with van der Waals surface area (Å²) in [5, 5.41) is 12.0. The second-order valence-corrected chi connectivity index (χ2v) is 9.70. The third kappa shape index (κ3) is 2.63. The molecule has 2 amide bonds. The number of amides is 2. The summed E-state index contributed by atoms with van der Waals surface area (Å²) in [7, 11) is 1.96. The first-order valence-electron chi connectivity index (χ1n) is 10.4. The summed E-state index contributed by atoms with van der Waals surface area (Å²) >= 11 is 0. The molecule has 3 fully saturated rings. The molecule has 5 heteroatoms. The van der Waals surface area contributed by atoms with Crippen molar-refractivity contribution in [2.24, 2.45) is 28.6 Å². The maximum absolute atomic E-state index is 12.2. The molecule has 0 saturated heterocycles. The van der Waals surface area contributed by atoms with Crippen LogP contribution in [0.4, 0.5) is 0 Å². The Kier molecular flexibility index (Phi) is 4.36. The zero-order valence-corrected chi connectivity index (χ0v) is 16.7. The van der Waals surface area contributed by atoms with Gasteiger partial charge in [-0.1, -0.05) is 19.9 Å². The molecule has 4 aliphatic rings. The van der Waals surface area contributed by atoms with Crippen molar-refractivity contribution in [1.82, 2.24) is 10.2 Å². The molecule has 3 aliphatic carbocycles. The molecule has 5 nitrogen and oxygen atoms in total. The van der Waals surface area contributed by atoms with Gasteiger partial charge in [0.2, 0.25) is 11.8 Å². The summed E-state index contributed by atoms with van der Waals surface area (Å²) in [4.78, 5) is 26.1. The lowest BCUT2D eigenvalue weighted by molar-refractivity contribution is -0.138. The van der Waals surface area contributed by atoms with E-state index in [4.69, 9.17) is 5.26 Å². The van der Waals surface area contributed by atoms with Crippen LogP contribution in [0.15, 0.2) is 12.2 Å². The van der Waals surface area contributed by atoms with E-state index in [0.29, 0.717) is 23.8 Å². The maximum Gasteiger partial charge on any atom is 0.246 e. The highest BCUT2D eigenvalue weighted by molar-refractivity contribution is 5.89. The SMILES string of the molecule is CN1C(=O)C=C[C@@]2(C)C1CC[C@@H]1[C@@H]2CC[C@]2(C)C(NC(=O)CC#N)CC[C@@H]12. The number of nitriles is 1. The number of hydrogen-bond acceptors (Lipinski definition) is 3. The first kappa shape index (κ1) is 18.5.